The zero-order valence-corrected chi connectivity index (χ0v) is 14.7. The van der Waals surface area contributed by atoms with Gasteiger partial charge in [0.15, 0.2) is 0 Å². The quantitative estimate of drug-likeness (QED) is 0.937. The fourth-order valence-electron chi connectivity index (χ4n) is 3.42. The van der Waals surface area contributed by atoms with Gasteiger partial charge in [0.1, 0.15) is 0 Å². The van der Waals surface area contributed by atoms with Crippen LogP contribution in [0.2, 0.25) is 0 Å². The number of carbonyl (C=O) groups is 1. The van der Waals surface area contributed by atoms with Gasteiger partial charge in [-0.2, -0.15) is 5.10 Å². The molecule has 2 heterocycles. The smallest absolute Gasteiger partial charge is 0.227 e. The van der Waals surface area contributed by atoms with Gasteiger partial charge in [0.05, 0.1) is 17.8 Å². The molecule has 0 unspecified atom stereocenters. The van der Waals surface area contributed by atoms with E-state index in [-0.39, 0.29) is 5.91 Å². The highest BCUT2D eigenvalue weighted by molar-refractivity contribution is 5.79. The molecule has 1 aliphatic rings. The summed E-state index contributed by atoms with van der Waals surface area (Å²) in [7, 11) is 1.94. The Balaban J connectivity index is 1.77. The topological polar surface area (TPSA) is 50.2 Å². The van der Waals surface area contributed by atoms with Crippen molar-refractivity contribution in [2.75, 3.05) is 20.1 Å². The van der Waals surface area contributed by atoms with E-state index in [0.717, 1.165) is 48.6 Å². The van der Waals surface area contributed by atoms with Gasteiger partial charge in [0.2, 0.25) is 5.91 Å². The second kappa shape index (κ2) is 7.18. The number of nitrogens with one attached hydrogen (secondary N) is 1. The number of likely N-dealkylation sites (N-methyl/N-ethyl adjacent to an activating group) is 1. The van der Waals surface area contributed by atoms with Gasteiger partial charge in [-0.15, -0.1) is 0 Å². The molecule has 1 N–H and O–H groups in total. The van der Waals surface area contributed by atoms with Gasteiger partial charge in [0.25, 0.3) is 0 Å². The predicted molar refractivity (Wildman–Crippen MR) is 95.4 cm³/mol. The van der Waals surface area contributed by atoms with Crippen LogP contribution in [-0.4, -0.2) is 46.8 Å². The minimum Gasteiger partial charge on any atom is -0.342 e. The average molecular weight is 326 g/mol. The first-order chi connectivity index (χ1) is 11.6. The van der Waals surface area contributed by atoms with Crippen LogP contribution in [-0.2, 0) is 11.2 Å². The minimum absolute atomic E-state index is 0.181. The molecule has 0 saturated carbocycles. The lowest BCUT2D eigenvalue weighted by molar-refractivity contribution is -0.131. The molecule has 128 valence electrons. The molecule has 1 aromatic heterocycles. The number of para-hydroxylation sites is 1. The molecule has 0 bridgehead atoms. The Morgan fingerprint density at radius 1 is 1.25 bits per heavy atom. The van der Waals surface area contributed by atoms with Gasteiger partial charge in [0, 0.05) is 24.3 Å². The van der Waals surface area contributed by atoms with E-state index < -0.39 is 0 Å². The van der Waals surface area contributed by atoms with E-state index in [1.165, 1.54) is 0 Å². The maximum atomic E-state index is 12.7. The Labute approximate surface area is 143 Å². The molecule has 0 aliphatic carbocycles. The summed E-state index contributed by atoms with van der Waals surface area (Å²) in [5, 5.41) is 7.99. The highest BCUT2D eigenvalue weighted by Crippen LogP contribution is 2.20. The maximum Gasteiger partial charge on any atom is 0.227 e. The van der Waals surface area contributed by atoms with Gasteiger partial charge < -0.3 is 10.2 Å². The summed E-state index contributed by atoms with van der Waals surface area (Å²) < 4.78 is 1.93. The lowest BCUT2D eigenvalue weighted by Crippen LogP contribution is -2.44. The van der Waals surface area contributed by atoms with Crippen LogP contribution in [0.25, 0.3) is 5.69 Å². The van der Waals surface area contributed by atoms with Crippen LogP contribution in [0.15, 0.2) is 30.3 Å². The zero-order chi connectivity index (χ0) is 17.1. The molecule has 0 radical (unpaired) electrons. The Hall–Kier alpha value is -2.14. The van der Waals surface area contributed by atoms with Crippen LogP contribution in [0.1, 0.15) is 29.8 Å². The molecule has 1 aliphatic heterocycles. The number of hydrogen-bond acceptors (Lipinski definition) is 3. The summed E-state index contributed by atoms with van der Waals surface area (Å²) >= 11 is 0. The molecule has 2 aromatic rings. The van der Waals surface area contributed by atoms with Crippen LogP contribution in [0, 0.1) is 13.8 Å². The molecular formula is C19H26N4O. The molecule has 0 atom stereocenters. The van der Waals surface area contributed by atoms with Gasteiger partial charge in [-0.3, -0.25) is 4.79 Å². The van der Waals surface area contributed by atoms with E-state index >= 15 is 0 Å². The summed E-state index contributed by atoms with van der Waals surface area (Å²) in [4.78, 5) is 14.7. The molecule has 1 fully saturated rings. The molecule has 5 nitrogen and oxygen atoms in total. The summed E-state index contributed by atoms with van der Waals surface area (Å²) in [6, 6.07) is 10.4. The van der Waals surface area contributed by atoms with Crippen molar-refractivity contribution in [1.29, 1.82) is 0 Å². The first-order valence-electron chi connectivity index (χ1n) is 8.65. The van der Waals surface area contributed by atoms with Crippen molar-refractivity contribution in [2.24, 2.45) is 0 Å². The minimum atomic E-state index is 0.181. The summed E-state index contributed by atoms with van der Waals surface area (Å²) in [6.45, 7) is 6.01. The van der Waals surface area contributed by atoms with Crippen LogP contribution < -0.4 is 5.32 Å². The number of amides is 1. The molecule has 1 amide bonds. The van der Waals surface area contributed by atoms with E-state index in [0.29, 0.717) is 12.5 Å². The van der Waals surface area contributed by atoms with E-state index in [2.05, 4.69) is 10.4 Å². The van der Waals surface area contributed by atoms with E-state index in [9.17, 15) is 4.79 Å². The van der Waals surface area contributed by atoms with Gasteiger partial charge in [-0.1, -0.05) is 18.2 Å². The third kappa shape index (κ3) is 3.36. The number of piperidine rings is 1. The molecule has 3 rings (SSSR count). The van der Waals surface area contributed by atoms with E-state index in [1.807, 2.05) is 60.8 Å². The van der Waals surface area contributed by atoms with Crippen molar-refractivity contribution >= 4 is 5.91 Å². The highest BCUT2D eigenvalue weighted by Gasteiger charge is 2.24. The van der Waals surface area contributed by atoms with Gasteiger partial charge in [-0.25, -0.2) is 4.68 Å². The first-order valence-corrected chi connectivity index (χ1v) is 8.65. The molecular weight excluding hydrogens is 300 g/mol. The number of benzene rings is 1. The summed E-state index contributed by atoms with van der Waals surface area (Å²) in [6.07, 6.45) is 2.48. The van der Waals surface area contributed by atoms with Gasteiger partial charge >= 0.3 is 0 Å². The Kier molecular flexibility index (Phi) is 5.00. The number of rotatable bonds is 4. The SMILES string of the molecule is Cc1nn(-c2ccccc2)c(C)c1CC(=O)N(C)C1CCNCC1. The number of nitrogens with zero attached hydrogens (tertiary/aromatic N) is 3. The lowest BCUT2D eigenvalue weighted by atomic mass is 10.0. The van der Waals surface area contributed by atoms with Crippen molar-refractivity contribution in [3.63, 3.8) is 0 Å². The van der Waals surface area contributed by atoms with Crippen molar-refractivity contribution in [2.45, 2.75) is 39.2 Å². The van der Waals surface area contributed by atoms with Crippen molar-refractivity contribution in [3.05, 3.63) is 47.3 Å². The molecule has 1 aromatic carbocycles. The number of hydrogen-bond donors (Lipinski definition) is 1. The molecule has 1 saturated heterocycles. The highest BCUT2D eigenvalue weighted by atomic mass is 16.2. The molecule has 5 heteroatoms. The maximum absolute atomic E-state index is 12.7. The number of aromatic nitrogens is 2. The monoisotopic (exact) mass is 326 g/mol. The first kappa shape index (κ1) is 16.7. The van der Waals surface area contributed by atoms with Crippen molar-refractivity contribution in [1.82, 2.24) is 20.0 Å². The third-order valence-electron chi connectivity index (χ3n) is 5.02. The standard InChI is InChI=1S/C19H26N4O/c1-14-18(13-19(24)22(3)16-9-11-20-12-10-16)15(2)23(21-14)17-7-5-4-6-8-17/h4-8,16,20H,9-13H2,1-3H3. The van der Waals surface area contributed by atoms with Crippen LogP contribution in [0.5, 0.6) is 0 Å². The average Bonchev–Trinajstić information content (AvgIpc) is 2.90. The van der Waals surface area contributed by atoms with Crippen molar-refractivity contribution in [3.8, 4) is 5.69 Å². The number of aryl methyl sites for hydroxylation is 1. The van der Waals surface area contributed by atoms with E-state index in [4.69, 9.17) is 0 Å². The second-order valence-electron chi connectivity index (χ2n) is 6.56. The van der Waals surface area contributed by atoms with Gasteiger partial charge in [-0.05, 0) is 51.9 Å². The van der Waals surface area contributed by atoms with E-state index in [1.54, 1.807) is 0 Å². The molecule has 24 heavy (non-hydrogen) atoms. The van der Waals surface area contributed by atoms with Crippen molar-refractivity contribution < 1.29 is 4.79 Å². The summed E-state index contributed by atoms with van der Waals surface area (Å²) in [5.41, 5.74) is 4.06. The zero-order valence-electron chi connectivity index (χ0n) is 14.7. The third-order valence-corrected chi connectivity index (χ3v) is 5.02. The fourth-order valence-corrected chi connectivity index (χ4v) is 3.42. The largest absolute Gasteiger partial charge is 0.342 e. The Bertz CT molecular complexity index is 702. The van der Waals surface area contributed by atoms with Crippen LogP contribution >= 0.6 is 0 Å². The Morgan fingerprint density at radius 3 is 2.58 bits per heavy atom. The normalized spacial score (nSPS) is 15.5. The fraction of sp³-hybridized carbons (Fsp3) is 0.474. The predicted octanol–water partition coefficient (Wildman–Crippen LogP) is 2.24. The number of carbonyl (C=O) groups excluding carboxylic acids is 1. The second-order valence-corrected chi connectivity index (χ2v) is 6.56. The molecule has 0 spiro atoms. The Morgan fingerprint density at radius 2 is 1.92 bits per heavy atom. The van der Waals surface area contributed by atoms with Crippen LogP contribution in [0.4, 0.5) is 0 Å². The lowest BCUT2D eigenvalue weighted by Gasteiger charge is -2.31. The van der Waals surface area contributed by atoms with Crippen LogP contribution in [0.3, 0.4) is 0 Å². The summed E-state index contributed by atoms with van der Waals surface area (Å²) in [5.74, 6) is 0.181.